The molecule has 0 saturated heterocycles. The number of hydrogen-bond acceptors (Lipinski definition) is 2. The van der Waals surface area contributed by atoms with E-state index in [0.29, 0.717) is 0 Å². The molecule has 1 atom stereocenters. The van der Waals surface area contributed by atoms with Gasteiger partial charge >= 0.3 is 0 Å². The lowest BCUT2D eigenvalue weighted by atomic mass is 10.1. The summed E-state index contributed by atoms with van der Waals surface area (Å²) in [5, 5.41) is 3.29. The number of nitrogens with two attached hydrogens (primary N) is 1. The summed E-state index contributed by atoms with van der Waals surface area (Å²) >= 11 is 0. The molecule has 1 unspecified atom stereocenters. The van der Waals surface area contributed by atoms with E-state index >= 15 is 0 Å². The first kappa shape index (κ1) is 10.9. The first-order valence-corrected chi connectivity index (χ1v) is 5.44. The van der Waals surface area contributed by atoms with E-state index < -0.39 is 0 Å². The molecule has 0 radical (unpaired) electrons. The highest BCUT2D eigenvalue weighted by molar-refractivity contribution is 5.19. The van der Waals surface area contributed by atoms with Crippen molar-refractivity contribution in [3.05, 3.63) is 71.8 Å². The fourth-order valence-electron chi connectivity index (χ4n) is 1.60. The third-order valence-corrected chi connectivity index (χ3v) is 2.53. The van der Waals surface area contributed by atoms with Crippen LogP contribution in [-0.4, -0.2) is 0 Å². The quantitative estimate of drug-likeness (QED) is 0.764. The minimum atomic E-state index is -0.110. The van der Waals surface area contributed by atoms with Gasteiger partial charge in [-0.2, -0.15) is 0 Å². The molecule has 2 rings (SSSR count). The van der Waals surface area contributed by atoms with Crippen LogP contribution in [-0.2, 0) is 6.54 Å². The highest BCUT2D eigenvalue weighted by Crippen LogP contribution is 2.07. The van der Waals surface area contributed by atoms with Gasteiger partial charge in [0.2, 0.25) is 0 Å². The van der Waals surface area contributed by atoms with Crippen molar-refractivity contribution in [3.8, 4) is 0 Å². The van der Waals surface area contributed by atoms with Crippen LogP contribution in [0.2, 0.25) is 0 Å². The highest BCUT2D eigenvalue weighted by atomic mass is 15.0. The monoisotopic (exact) mass is 212 g/mol. The molecule has 82 valence electrons. The third-order valence-electron chi connectivity index (χ3n) is 2.53. The number of nitrogens with one attached hydrogen (secondary N) is 1. The summed E-state index contributed by atoms with van der Waals surface area (Å²) in [6.45, 7) is 0.789. The van der Waals surface area contributed by atoms with E-state index in [1.54, 1.807) is 0 Å². The van der Waals surface area contributed by atoms with Gasteiger partial charge in [0.25, 0.3) is 0 Å². The van der Waals surface area contributed by atoms with Gasteiger partial charge in [-0.15, -0.1) is 0 Å². The molecule has 0 fully saturated rings. The zero-order valence-electron chi connectivity index (χ0n) is 9.14. The van der Waals surface area contributed by atoms with E-state index in [1.807, 2.05) is 48.5 Å². The van der Waals surface area contributed by atoms with Gasteiger partial charge < -0.3 is 5.73 Å². The Hall–Kier alpha value is -1.64. The molecule has 0 saturated carbocycles. The lowest BCUT2D eigenvalue weighted by molar-refractivity contribution is 0.552. The van der Waals surface area contributed by atoms with Gasteiger partial charge in [-0.05, 0) is 11.1 Å². The minimum Gasteiger partial charge on any atom is -0.312 e. The molecular formula is C14H16N2. The van der Waals surface area contributed by atoms with E-state index in [-0.39, 0.29) is 6.17 Å². The van der Waals surface area contributed by atoms with Gasteiger partial charge in [-0.3, -0.25) is 5.32 Å². The molecule has 0 amide bonds. The summed E-state index contributed by atoms with van der Waals surface area (Å²) in [7, 11) is 0. The molecule has 2 aromatic rings. The van der Waals surface area contributed by atoms with Crippen LogP contribution in [0.25, 0.3) is 0 Å². The van der Waals surface area contributed by atoms with Crippen molar-refractivity contribution in [1.82, 2.24) is 5.32 Å². The average Bonchev–Trinajstić information content (AvgIpc) is 2.38. The Kier molecular flexibility index (Phi) is 3.70. The second kappa shape index (κ2) is 5.45. The maximum Gasteiger partial charge on any atom is 0.0812 e. The maximum atomic E-state index is 6.03. The summed E-state index contributed by atoms with van der Waals surface area (Å²) in [6, 6.07) is 20.3. The molecule has 16 heavy (non-hydrogen) atoms. The van der Waals surface area contributed by atoms with Crippen LogP contribution in [0.3, 0.4) is 0 Å². The van der Waals surface area contributed by atoms with Crippen LogP contribution >= 0.6 is 0 Å². The van der Waals surface area contributed by atoms with Crippen molar-refractivity contribution in [3.63, 3.8) is 0 Å². The SMILES string of the molecule is NC(NCc1ccccc1)c1ccccc1. The fourth-order valence-corrected chi connectivity index (χ4v) is 1.60. The van der Waals surface area contributed by atoms with Crippen molar-refractivity contribution in [2.75, 3.05) is 0 Å². The molecule has 0 aliphatic rings. The second-order valence-corrected chi connectivity index (χ2v) is 3.75. The molecule has 0 aliphatic heterocycles. The van der Waals surface area contributed by atoms with Crippen molar-refractivity contribution < 1.29 is 0 Å². The Morgan fingerprint density at radius 3 is 2.06 bits per heavy atom. The molecule has 0 spiro atoms. The van der Waals surface area contributed by atoms with Crippen LogP contribution in [0.4, 0.5) is 0 Å². The first-order chi connectivity index (χ1) is 7.86. The molecule has 2 heteroatoms. The molecule has 0 bridgehead atoms. The van der Waals surface area contributed by atoms with Crippen molar-refractivity contribution in [2.24, 2.45) is 5.73 Å². The molecule has 2 nitrogen and oxygen atoms in total. The molecule has 0 aromatic heterocycles. The highest BCUT2D eigenvalue weighted by Gasteiger charge is 2.03. The van der Waals surface area contributed by atoms with Crippen molar-refractivity contribution >= 4 is 0 Å². The summed E-state index contributed by atoms with van der Waals surface area (Å²) in [5.41, 5.74) is 8.39. The second-order valence-electron chi connectivity index (χ2n) is 3.75. The van der Waals surface area contributed by atoms with Crippen molar-refractivity contribution in [2.45, 2.75) is 12.7 Å². The zero-order chi connectivity index (χ0) is 11.2. The molecule has 0 heterocycles. The maximum absolute atomic E-state index is 6.03. The average molecular weight is 212 g/mol. The van der Waals surface area contributed by atoms with E-state index in [9.17, 15) is 0 Å². The zero-order valence-corrected chi connectivity index (χ0v) is 9.14. The Bertz CT molecular complexity index is 411. The molecule has 3 N–H and O–H groups in total. The molecule has 0 aliphatic carbocycles. The number of rotatable bonds is 4. The van der Waals surface area contributed by atoms with Crippen molar-refractivity contribution in [1.29, 1.82) is 0 Å². The Morgan fingerprint density at radius 2 is 1.44 bits per heavy atom. The first-order valence-electron chi connectivity index (χ1n) is 5.44. The Labute approximate surface area is 96.1 Å². The van der Waals surface area contributed by atoms with E-state index in [2.05, 4.69) is 17.4 Å². The van der Waals surface area contributed by atoms with E-state index in [1.165, 1.54) is 5.56 Å². The Balaban J connectivity index is 1.92. The predicted octanol–water partition coefficient (Wildman–Crippen LogP) is 2.43. The van der Waals surface area contributed by atoms with Crippen LogP contribution in [0, 0.1) is 0 Å². The van der Waals surface area contributed by atoms with Gasteiger partial charge in [0.15, 0.2) is 0 Å². The van der Waals surface area contributed by atoms with E-state index in [0.717, 1.165) is 12.1 Å². The van der Waals surface area contributed by atoms with Crippen LogP contribution in [0.1, 0.15) is 17.3 Å². The van der Waals surface area contributed by atoms with Gasteiger partial charge in [0, 0.05) is 6.54 Å². The summed E-state index contributed by atoms with van der Waals surface area (Å²) in [6.07, 6.45) is -0.110. The van der Waals surface area contributed by atoms with Crippen LogP contribution in [0.5, 0.6) is 0 Å². The van der Waals surface area contributed by atoms with E-state index in [4.69, 9.17) is 5.73 Å². The number of hydrogen-bond donors (Lipinski definition) is 2. The summed E-state index contributed by atoms with van der Waals surface area (Å²) < 4.78 is 0. The standard InChI is InChI=1S/C14H16N2/c15-14(13-9-5-2-6-10-13)16-11-12-7-3-1-4-8-12/h1-10,14,16H,11,15H2. The smallest absolute Gasteiger partial charge is 0.0812 e. The molecule has 2 aromatic carbocycles. The minimum absolute atomic E-state index is 0.110. The summed E-state index contributed by atoms with van der Waals surface area (Å²) in [5.74, 6) is 0. The van der Waals surface area contributed by atoms with Gasteiger partial charge in [-0.1, -0.05) is 60.7 Å². The lowest BCUT2D eigenvalue weighted by Gasteiger charge is -2.14. The topological polar surface area (TPSA) is 38.0 Å². The lowest BCUT2D eigenvalue weighted by Crippen LogP contribution is -2.28. The summed E-state index contributed by atoms with van der Waals surface area (Å²) in [4.78, 5) is 0. The van der Waals surface area contributed by atoms with Crippen LogP contribution < -0.4 is 11.1 Å². The largest absolute Gasteiger partial charge is 0.312 e. The Morgan fingerprint density at radius 1 is 0.875 bits per heavy atom. The van der Waals surface area contributed by atoms with Gasteiger partial charge in [0.05, 0.1) is 6.17 Å². The molecular weight excluding hydrogens is 196 g/mol. The predicted molar refractivity (Wildman–Crippen MR) is 66.7 cm³/mol. The number of benzene rings is 2. The fraction of sp³-hybridized carbons (Fsp3) is 0.143. The van der Waals surface area contributed by atoms with Gasteiger partial charge in [-0.25, -0.2) is 0 Å². The normalized spacial score (nSPS) is 12.3. The third kappa shape index (κ3) is 2.92. The van der Waals surface area contributed by atoms with Crippen LogP contribution in [0.15, 0.2) is 60.7 Å². The van der Waals surface area contributed by atoms with Gasteiger partial charge in [0.1, 0.15) is 0 Å².